The van der Waals surface area contributed by atoms with Crippen molar-refractivity contribution in [3.8, 4) is 0 Å². The lowest BCUT2D eigenvalue weighted by Gasteiger charge is -1.95. The Kier molecular flexibility index (Phi) is 13.6. The first-order valence-corrected chi connectivity index (χ1v) is 6.69. The highest BCUT2D eigenvalue weighted by molar-refractivity contribution is 5.17. The van der Waals surface area contributed by atoms with Gasteiger partial charge in [0.15, 0.2) is 0 Å². The number of hydrogen-bond acceptors (Lipinski definition) is 0. The van der Waals surface area contributed by atoms with Gasteiger partial charge in [0.25, 0.3) is 0 Å². The Hall–Kier alpha value is -1.30. The second-order valence-corrected chi connectivity index (χ2v) is 4.02. The lowest BCUT2D eigenvalue weighted by atomic mass is 10.1. The fourth-order valence-electron chi connectivity index (χ4n) is 1.44. The van der Waals surface area contributed by atoms with Gasteiger partial charge in [0, 0.05) is 0 Å². The van der Waals surface area contributed by atoms with E-state index in [1.807, 2.05) is 30.4 Å². The van der Waals surface area contributed by atoms with Gasteiger partial charge in [-0.25, -0.2) is 0 Å². The van der Waals surface area contributed by atoms with Crippen LogP contribution in [0.2, 0.25) is 0 Å². The zero-order valence-corrected chi connectivity index (χ0v) is 11.1. The summed E-state index contributed by atoms with van der Waals surface area (Å²) in [7, 11) is 0. The minimum absolute atomic E-state index is 1.20. The van der Waals surface area contributed by atoms with Crippen LogP contribution in [0.15, 0.2) is 61.3 Å². The fourth-order valence-corrected chi connectivity index (χ4v) is 1.44. The van der Waals surface area contributed by atoms with Gasteiger partial charge in [-0.3, -0.25) is 0 Å². The Labute approximate surface area is 107 Å². The molecule has 94 valence electrons. The third-order valence-corrected chi connectivity index (χ3v) is 2.41. The first-order valence-electron chi connectivity index (χ1n) is 6.69. The van der Waals surface area contributed by atoms with Gasteiger partial charge in [-0.1, -0.05) is 93.9 Å². The molecule has 0 radical (unpaired) electrons. The highest BCUT2D eigenvalue weighted by atomic mass is 13.9. The Morgan fingerprint density at radius 1 is 0.706 bits per heavy atom. The van der Waals surface area contributed by atoms with E-state index in [0.717, 1.165) is 0 Å². The summed E-state index contributed by atoms with van der Waals surface area (Å²) in [5.74, 6) is 0. The summed E-state index contributed by atoms with van der Waals surface area (Å²) in [6.45, 7) is 5.86. The van der Waals surface area contributed by atoms with Gasteiger partial charge in [0.1, 0.15) is 0 Å². The van der Waals surface area contributed by atoms with E-state index in [-0.39, 0.29) is 0 Å². The summed E-state index contributed by atoms with van der Waals surface area (Å²) in [5.41, 5.74) is 0. The van der Waals surface area contributed by atoms with E-state index >= 15 is 0 Å². The molecule has 0 heteroatoms. The maximum absolute atomic E-state index is 3.61. The summed E-state index contributed by atoms with van der Waals surface area (Å²) in [6.07, 6.45) is 26.1. The minimum Gasteiger partial charge on any atom is -0.0991 e. The summed E-state index contributed by atoms with van der Waals surface area (Å²) < 4.78 is 0. The van der Waals surface area contributed by atoms with Crippen molar-refractivity contribution in [3.63, 3.8) is 0 Å². The maximum Gasteiger partial charge on any atom is -0.0348 e. The summed E-state index contributed by atoms with van der Waals surface area (Å²) in [5, 5.41) is 0. The zero-order valence-electron chi connectivity index (χ0n) is 11.1. The Morgan fingerprint density at radius 3 is 1.94 bits per heavy atom. The van der Waals surface area contributed by atoms with Crippen molar-refractivity contribution in [2.24, 2.45) is 0 Å². The lowest BCUT2D eigenvalue weighted by Crippen LogP contribution is -1.75. The molecule has 0 nitrogen and oxygen atoms in total. The van der Waals surface area contributed by atoms with Crippen LogP contribution >= 0.6 is 0 Å². The van der Waals surface area contributed by atoms with E-state index in [1.165, 1.54) is 38.5 Å². The molecule has 0 atom stereocenters. The van der Waals surface area contributed by atoms with Crippen LogP contribution in [0.5, 0.6) is 0 Å². The molecule has 0 aliphatic heterocycles. The van der Waals surface area contributed by atoms with Crippen LogP contribution in [0.25, 0.3) is 0 Å². The van der Waals surface area contributed by atoms with E-state index < -0.39 is 0 Å². The van der Waals surface area contributed by atoms with Gasteiger partial charge in [-0.2, -0.15) is 0 Å². The molecule has 0 fully saturated rings. The molecule has 0 aromatic rings. The number of rotatable bonds is 10. The molecule has 0 bridgehead atoms. The molecule has 0 saturated carbocycles. The van der Waals surface area contributed by atoms with Crippen molar-refractivity contribution in [3.05, 3.63) is 61.3 Å². The standard InChI is InChI=1S/C17H26/c1-3-5-7-9-11-13-15-17-16-14-12-10-8-6-4-2/h3,5,7,9,11,13,15-17H,1,4,6,8,10,12,14H2,2H3. The van der Waals surface area contributed by atoms with E-state index in [1.54, 1.807) is 6.08 Å². The van der Waals surface area contributed by atoms with Crippen LogP contribution in [-0.4, -0.2) is 0 Å². The summed E-state index contributed by atoms with van der Waals surface area (Å²) in [6, 6.07) is 0. The molecule has 0 aromatic heterocycles. The third kappa shape index (κ3) is 14.7. The maximum atomic E-state index is 3.61. The largest absolute Gasteiger partial charge is 0.0991 e. The van der Waals surface area contributed by atoms with Crippen LogP contribution < -0.4 is 0 Å². The van der Waals surface area contributed by atoms with Crippen LogP contribution in [-0.2, 0) is 0 Å². The second kappa shape index (κ2) is 14.7. The molecule has 0 unspecified atom stereocenters. The topological polar surface area (TPSA) is 0 Å². The predicted octanol–water partition coefficient (Wildman–Crippen LogP) is 5.76. The van der Waals surface area contributed by atoms with E-state index in [2.05, 4.69) is 31.7 Å². The van der Waals surface area contributed by atoms with Crippen molar-refractivity contribution in [1.29, 1.82) is 0 Å². The van der Waals surface area contributed by atoms with Crippen LogP contribution in [0.3, 0.4) is 0 Å². The Bertz CT molecular complexity index is 264. The molecule has 0 aromatic carbocycles. The smallest absolute Gasteiger partial charge is 0.0348 e. The molecular weight excluding hydrogens is 204 g/mol. The first-order chi connectivity index (χ1) is 8.41. The van der Waals surface area contributed by atoms with Crippen molar-refractivity contribution in [2.45, 2.75) is 45.4 Å². The highest BCUT2D eigenvalue weighted by Crippen LogP contribution is 2.05. The number of unbranched alkanes of at least 4 members (excludes halogenated alkanes) is 5. The van der Waals surface area contributed by atoms with Crippen molar-refractivity contribution >= 4 is 0 Å². The second-order valence-electron chi connectivity index (χ2n) is 4.02. The quantitative estimate of drug-likeness (QED) is 0.331. The third-order valence-electron chi connectivity index (χ3n) is 2.41. The van der Waals surface area contributed by atoms with Crippen molar-refractivity contribution in [1.82, 2.24) is 0 Å². The summed E-state index contributed by atoms with van der Waals surface area (Å²) in [4.78, 5) is 0. The van der Waals surface area contributed by atoms with E-state index in [4.69, 9.17) is 0 Å². The normalized spacial score (nSPS) is 12.5. The Morgan fingerprint density at radius 2 is 1.29 bits per heavy atom. The van der Waals surface area contributed by atoms with Crippen molar-refractivity contribution < 1.29 is 0 Å². The summed E-state index contributed by atoms with van der Waals surface area (Å²) >= 11 is 0. The van der Waals surface area contributed by atoms with Crippen molar-refractivity contribution in [2.75, 3.05) is 0 Å². The molecule has 0 aliphatic carbocycles. The molecule has 0 N–H and O–H groups in total. The molecule has 0 spiro atoms. The monoisotopic (exact) mass is 230 g/mol. The number of allylic oxidation sites excluding steroid dienone is 9. The van der Waals surface area contributed by atoms with Crippen LogP contribution in [0.1, 0.15) is 45.4 Å². The van der Waals surface area contributed by atoms with Gasteiger partial charge in [-0.15, -0.1) is 0 Å². The fraction of sp³-hybridized carbons (Fsp3) is 0.412. The molecule has 17 heavy (non-hydrogen) atoms. The van der Waals surface area contributed by atoms with Crippen LogP contribution in [0, 0.1) is 0 Å². The average molecular weight is 230 g/mol. The van der Waals surface area contributed by atoms with Gasteiger partial charge in [0.2, 0.25) is 0 Å². The van der Waals surface area contributed by atoms with Gasteiger partial charge < -0.3 is 0 Å². The van der Waals surface area contributed by atoms with Gasteiger partial charge >= 0.3 is 0 Å². The molecular formula is C17H26. The first kappa shape index (κ1) is 15.7. The highest BCUT2D eigenvalue weighted by Gasteiger charge is 1.85. The van der Waals surface area contributed by atoms with Crippen LogP contribution in [0.4, 0.5) is 0 Å². The van der Waals surface area contributed by atoms with Gasteiger partial charge in [-0.05, 0) is 12.8 Å². The molecule has 0 heterocycles. The van der Waals surface area contributed by atoms with Gasteiger partial charge in [0.05, 0.1) is 0 Å². The molecule has 0 saturated heterocycles. The zero-order chi connectivity index (χ0) is 12.6. The van der Waals surface area contributed by atoms with E-state index in [9.17, 15) is 0 Å². The molecule has 0 amide bonds. The lowest BCUT2D eigenvalue weighted by molar-refractivity contribution is 0.637. The SMILES string of the molecule is C=CC=CC=CC=CC=CCCCCCCC. The number of hydrogen-bond donors (Lipinski definition) is 0. The average Bonchev–Trinajstić information content (AvgIpc) is 2.35. The molecule has 0 rings (SSSR count). The van der Waals surface area contributed by atoms with E-state index in [0.29, 0.717) is 0 Å². The molecule has 0 aliphatic rings. The Balaban J connectivity index is 3.40. The predicted molar refractivity (Wildman–Crippen MR) is 80.1 cm³/mol. The minimum atomic E-state index is 1.20.